The summed E-state index contributed by atoms with van der Waals surface area (Å²) < 4.78 is 12.7. The molecule has 102 valence electrons. The Labute approximate surface area is 115 Å². The van der Waals surface area contributed by atoms with Crippen molar-refractivity contribution < 1.29 is 14.0 Å². The molecule has 0 aromatic heterocycles. The van der Waals surface area contributed by atoms with Crippen LogP contribution in [0.25, 0.3) is 0 Å². The van der Waals surface area contributed by atoms with Gasteiger partial charge in [0.25, 0.3) is 17.4 Å². The van der Waals surface area contributed by atoms with E-state index in [4.69, 9.17) is 11.6 Å². The Morgan fingerprint density at radius 3 is 2.11 bits per heavy atom. The number of nitrogens with zero attached hydrogens (tertiary/aromatic N) is 2. The monoisotopic (exact) mass is 284 g/mol. The first-order valence-corrected chi connectivity index (χ1v) is 6.44. The molecule has 1 unspecified atom stereocenters. The molecule has 1 fully saturated rings. The molecule has 1 heterocycles. The molecule has 0 radical (unpaired) electrons. The van der Waals surface area contributed by atoms with Crippen LogP contribution in [0.3, 0.4) is 0 Å². The average Bonchev–Trinajstić information content (AvgIpc) is 2.46. The van der Waals surface area contributed by atoms with Crippen molar-refractivity contribution in [3.63, 3.8) is 0 Å². The van der Waals surface area contributed by atoms with Crippen molar-refractivity contribution in [2.45, 2.75) is 5.63 Å². The van der Waals surface area contributed by atoms with Gasteiger partial charge in [0, 0.05) is 31.7 Å². The predicted octanol–water partition coefficient (Wildman–Crippen LogP) is 1.51. The highest BCUT2D eigenvalue weighted by molar-refractivity contribution is 6.29. The molecular formula is C13H14ClFN2O2. The normalized spacial score (nSPS) is 17.2. The van der Waals surface area contributed by atoms with Gasteiger partial charge < -0.3 is 9.80 Å². The minimum absolute atomic E-state index is 0.0737. The highest BCUT2D eigenvalue weighted by Crippen LogP contribution is 2.11. The van der Waals surface area contributed by atoms with E-state index < -0.39 is 11.5 Å². The van der Waals surface area contributed by atoms with E-state index in [0.717, 1.165) is 0 Å². The summed E-state index contributed by atoms with van der Waals surface area (Å²) in [6.45, 7) is 1.40. The van der Waals surface area contributed by atoms with Crippen LogP contribution in [0.1, 0.15) is 10.4 Å². The summed E-state index contributed by atoms with van der Waals surface area (Å²) in [5.41, 5.74) is -1.39. The molecule has 6 heteroatoms. The van der Waals surface area contributed by atoms with Gasteiger partial charge in [0.2, 0.25) is 0 Å². The maximum Gasteiger partial charge on any atom is 0.272 e. The molecule has 0 N–H and O–H groups in total. The number of rotatable bonds is 2. The van der Waals surface area contributed by atoms with Crippen molar-refractivity contribution in [2.75, 3.05) is 26.2 Å². The summed E-state index contributed by atoms with van der Waals surface area (Å²) in [5, 5.41) is 0. The van der Waals surface area contributed by atoms with Crippen molar-refractivity contribution in [2.24, 2.45) is 0 Å². The second-order valence-corrected chi connectivity index (χ2v) is 4.67. The molecule has 1 atom stereocenters. The van der Waals surface area contributed by atoms with E-state index in [1.165, 1.54) is 4.90 Å². The zero-order chi connectivity index (χ0) is 13.8. The number of hydrogen-bond acceptors (Lipinski definition) is 2. The van der Waals surface area contributed by atoms with Crippen molar-refractivity contribution in [3.05, 3.63) is 35.9 Å². The molecule has 1 aromatic rings. The van der Waals surface area contributed by atoms with Gasteiger partial charge in [0.05, 0.1) is 0 Å². The Kier molecular flexibility index (Phi) is 4.37. The maximum atomic E-state index is 12.7. The molecule has 0 spiro atoms. The minimum Gasteiger partial charge on any atom is -0.336 e. The van der Waals surface area contributed by atoms with Crippen LogP contribution in [0.2, 0.25) is 0 Å². The van der Waals surface area contributed by atoms with Gasteiger partial charge in [-0.2, -0.15) is 0 Å². The Morgan fingerprint density at radius 2 is 1.58 bits per heavy atom. The first-order chi connectivity index (χ1) is 9.09. The van der Waals surface area contributed by atoms with Crippen LogP contribution >= 0.6 is 11.6 Å². The standard InChI is InChI=1S/C13H14ClFN2O2/c14-11(15)13(19)17-8-6-16(7-9-17)12(18)10-4-2-1-3-5-10/h1-5,11H,6-9H2. The van der Waals surface area contributed by atoms with Gasteiger partial charge in [-0.05, 0) is 12.1 Å². The number of carbonyl (C=O) groups excluding carboxylic acids is 2. The van der Waals surface area contributed by atoms with Crippen LogP contribution in [0.5, 0.6) is 0 Å². The first-order valence-electron chi connectivity index (χ1n) is 6.01. The zero-order valence-electron chi connectivity index (χ0n) is 10.3. The summed E-state index contributed by atoms with van der Waals surface area (Å²) in [7, 11) is 0. The van der Waals surface area contributed by atoms with E-state index in [-0.39, 0.29) is 5.91 Å². The van der Waals surface area contributed by atoms with Crippen LogP contribution in [-0.4, -0.2) is 53.4 Å². The summed E-state index contributed by atoms with van der Waals surface area (Å²) in [6.07, 6.45) is 0. The quantitative estimate of drug-likeness (QED) is 0.773. The number of benzene rings is 1. The third kappa shape index (κ3) is 3.23. The topological polar surface area (TPSA) is 40.6 Å². The number of amides is 2. The van der Waals surface area contributed by atoms with Gasteiger partial charge >= 0.3 is 0 Å². The van der Waals surface area contributed by atoms with Gasteiger partial charge in [-0.25, -0.2) is 4.39 Å². The molecule has 1 aliphatic rings. The lowest BCUT2D eigenvalue weighted by Gasteiger charge is -2.34. The molecule has 1 saturated heterocycles. The molecule has 0 aliphatic carbocycles. The van der Waals surface area contributed by atoms with E-state index in [0.29, 0.717) is 31.7 Å². The fourth-order valence-electron chi connectivity index (χ4n) is 2.03. The van der Waals surface area contributed by atoms with E-state index in [2.05, 4.69) is 0 Å². The summed E-state index contributed by atoms with van der Waals surface area (Å²) in [6, 6.07) is 8.93. The van der Waals surface area contributed by atoms with E-state index >= 15 is 0 Å². The van der Waals surface area contributed by atoms with Gasteiger partial charge in [0.15, 0.2) is 0 Å². The van der Waals surface area contributed by atoms with Crippen molar-refractivity contribution in [1.29, 1.82) is 0 Å². The number of hydrogen-bond donors (Lipinski definition) is 0. The van der Waals surface area contributed by atoms with Crippen LogP contribution in [0, 0.1) is 0 Å². The average molecular weight is 285 g/mol. The Bertz CT molecular complexity index is 459. The molecule has 2 rings (SSSR count). The van der Waals surface area contributed by atoms with E-state index in [1.807, 2.05) is 6.07 Å². The molecule has 4 nitrogen and oxygen atoms in total. The molecule has 0 saturated carbocycles. The highest BCUT2D eigenvalue weighted by atomic mass is 35.5. The largest absolute Gasteiger partial charge is 0.336 e. The fourth-order valence-corrected chi connectivity index (χ4v) is 2.17. The van der Waals surface area contributed by atoms with Crippen molar-refractivity contribution >= 4 is 23.4 Å². The van der Waals surface area contributed by atoms with Crippen LogP contribution < -0.4 is 0 Å². The SMILES string of the molecule is O=C(c1ccccc1)N1CCN(C(=O)C(F)Cl)CC1. The molecular weight excluding hydrogens is 271 g/mol. The first kappa shape index (κ1) is 13.8. The summed E-state index contributed by atoms with van der Waals surface area (Å²) in [4.78, 5) is 26.5. The van der Waals surface area contributed by atoms with Crippen molar-refractivity contribution in [1.82, 2.24) is 9.80 Å². The summed E-state index contributed by atoms with van der Waals surface area (Å²) >= 11 is 5.12. The molecule has 0 bridgehead atoms. The van der Waals surface area contributed by atoms with Crippen LogP contribution in [0.15, 0.2) is 30.3 Å². The van der Waals surface area contributed by atoms with Crippen molar-refractivity contribution in [3.8, 4) is 0 Å². The highest BCUT2D eigenvalue weighted by Gasteiger charge is 2.27. The predicted molar refractivity (Wildman–Crippen MR) is 69.7 cm³/mol. The lowest BCUT2D eigenvalue weighted by atomic mass is 10.2. The van der Waals surface area contributed by atoms with Gasteiger partial charge in [-0.15, -0.1) is 0 Å². The van der Waals surface area contributed by atoms with Gasteiger partial charge in [-0.3, -0.25) is 9.59 Å². The van der Waals surface area contributed by atoms with E-state index in [1.54, 1.807) is 29.2 Å². The third-order valence-corrected chi connectivity index (χ3v) is 3.27. The van der Waals surface area contributed by atoms with Gasteiger partial charge in [0.1, 0.15) is 0 Å². The Morgan fingerprint density at radius 1 is 1.05 bits per heavy atom. The summed E-state index contributed by atoms with van der Waals surface area (Å²) in [5.74, 6) is -0.802. The van der Waals surface area contributed by atoms with E-state index in [9.17, 15) is 14.0 Å². The lowest BCUT2D eigenvalue weighted by Crippen LogP contribution is -2.51. The maximum absolute atomic E-state index is 12.7. The lowest BCUT2D eigenvalue weighted by molar-refractivity contribution is -0.135. The smallest absolute Gasteiger partial charge is 0.272 e. The number of piperazine rings is 1. The second kappa shape index (κ2) is 6.02. The molecule has 1 aromatic carbocycles. The fraction of sp³-hybridized carbons (Fsp3) is 0.385. The zero-order valence-corrected chi connectivity index (χ0v) is 11.0. The number of halogens is 2. The number of alkyl halides is 2. The minimum atomic E-state index is -2.00. The molecule has 19 heavy (non-hydrogen) atoms. The van der Waals surface area contributed by atoms with Crippen LogP contribution in [0.4, 0.5) is 4.39 Å². The van der Waals surface area contributed by atoms with Gasteiger partial charge in [-0.1, -0.05) is 29.8 Å². The third-order valence-electron chi connectivity index (χ3n) is 3.09. The Hall–Kier alpha value is -1.62. The second-order valence-electron chi connectivity index (χ2n) is 4.28. The molecule has 1 aliphatic heterocycles. The molecule has 2 amide bonds. The van der Waals surface area contributed by atoms with Crippen LogP contribution in [-0.2, 0) is 4.79 Å². The number of carbonyl (C=O) groups is 2. The Balaban J connectivity index is 1.94.